The van der Waals surface area contributed by atoms with Gasteiger partial charge >= 0.3 is 0 Å². The average molecular weight is 390 g/mol. The summed E-state index contributed by atoms with van der Waals surface area (Å²) in [7, 11) is -1.86. The molecule has 0 spiro atoms. The van der Waals surface area contributed by atoms with E-state index < -0.39 is 10.0 Å². The van der Waals surface area contributed by atoms with Crippen LogP contribution < -0.4 is 19.1 Å². The van der Waals surface area contributed by atoms with Gasteiger partial charge in [-0.15, -0.1) is 0 Å². The second-order valence-corrected chi connectivity index (χ2v) is 8.10. The molecule has 144 valence electrons. The SMILES string of the molecule is COc1ccc(NC(=O)CCOc2ccccc2)cc1N1CCCS1(=O)=O. The molecule has 0 atom stereocenters. The molecule has 2 aromatic carbocycles. The van der Waals surface area contributed by atoms with Crippen molar-refractivity contribution < 1.29 is 22.7 Å². The fourth-order valence-corrected chi connectivity index (χ4v) is 4.44. The van der Waals surface area contributed by atoms with Crippen molar-refractivity contribution in [3.8, 4) is 11.5 Å². The predicted molar refractivity (Wildman–Crippen MR) is 104 cm³/mol. The third-order valence-electron chi connectivity index (χ3n) is 4.17. The summed E-state index contributed by atoms with van der Waals surface area (Å²) in [6.45, 7) is 0.653. The molecule has 0 bridgehead atoms. The van der Waals surface area contributed by atoms with Crippen LogP contribution in [0.5, 0.6) is 11.5 Å². The summed E-state index contributed by atoms with van der Waals surface area (Å²) >= 11 is 0. The number of sulfonamides is 1. The number of rotatable bonds is 7. The highest BCUT2D eigenvalue weighted by molar-refractivity contribution is 7.93. The molecule has 8 heteroatoms. The van der Waals surface area contributed by atoms with Crippen LogP contribution in [0, 0.1) is 0 Å². The Hall–Kier alpha value is -2.74. The minimum Gasteiger partial charge on any atom is -0.495 e. The molecule has 1 aliphatic rings. The highest BCUT2D eigenvalue weighted by Gasteiger charge is 2.30. The molecule has 1 N–H and O–H groups in total. The molecular formula is C19H22N2O5S. The Morgan fingerprint density at radius 3 is 2.63 bits per heavy atom. The van der Waals surface area contributed by atoms with E-state index in [0.29, 0.717) is 35.8 Å². The number of hydrogen-bond donors (Lipinski definition) is 1. The summed E-state index contributed by atoms with van der Waals surface area (Å²) < 4.78 is 36.5. The highest BCUT2D eigenvalue weighted by atomic mass is 32.2. The Morgan fingerprint density at radius 2 is 1.96 bits per heavy atom. The molecule has 3 rings (SSSR count). The van der Waals surface area contributed by atoms with Gasteiger partial charge in [0.1, 0.15) is 11.5 Å². The zero-order valence-electron chi connectivity index (χ0n) is 15.1. The van der Waals surface area contributed by atoms with Gasteiger partial charge in [-0.3, -0.25) is 9.10 Å². The number of hydrogen-bond acceptors (Lipinski definition) is 5. The maximum Gasteiger partial charge on any atom is 0.235 e. The van der Waals surface area contributed by atoms with Crippen LogP contribution >= 0.6 is 0 Å². The van der Waals surface area contributed by atoms with Gasteiger partial charge in [0.25, 0.3) is 0 Å². The van der Waals surface area contributed by atoms with Crippen molar-refractivity contribution in [2.24, 2.45) is 0 Å². The molecule has 7 nitrogen and oxygen atoms in total. The molecule has 0 unspecified atom stereocenters. The molecule has 1 heterocycles. The minimum absolute atomic E-state index is 0.115. The van der Waals surface area contributed by atoms with E-state index in [-0.39, 0.29) is 24.7 Å². The quantitative estimate of drug-likeness (QED) is 0.786. The lowest BCUT2D eigenvalue weighted by Gasteiger charge is -2.20. The summed E-state index contributed by atoms with van der Waals surface area (Å²) in [6.07, 6.45) is 0.747. The third-order valence-corrected chi connectivity index (χ3v) is 6.03. The van der Waals surface area contributed by atoms with Crippen molar-refractivity contribution in [2.45, 2.75) is 12.8 Å². The number of amides is 1. The van der Waals surface area contributed by atoms with Crippen molar-refractivity contribution in [3.05, 3.63) is 48.5 Å². The molecule has 27 heavy (non-hydrogen) atoms. The van der Waals surface area contributed by atoms with Gasteiger partial charge in [0.2, 0.25) is 15.9 Å². The average Bonchev–Trinajstić information content (AvgIpc) is 3.01. The Morgan fingerprint density at radius 1 is 1.19 bits per heavy atom. The number of nitrogens with one attached hydrogen (secondary N) is 1. The molecule has 0 radical (unpaired) electrons. The van der Waals surface area contributed by atoms with E-state index in [2.05, 4.69) is 5.32 Å². The normalized spacial score (nSPS) is 15.4. The first-order chi connectivity index (χ1) is 13.0. The van der Waals surface area contributed by atoms with Crippen molar-refractivity contribution in [2.75, 3.05) is 35.6 Å². The molecule has 0 saturated carbocycles. The Bertz CT molecular complexity index is 900. The Labute approximate surface area is 158 Å². The van der Waals surface area contributed by atoms with Crippen LogP contribution in [-0.4, -0.2) is 40.3 Å². The van der Waals surface area contributed by atoms with Crippen LogP contribution in [0.2, 0.25) is 0 Å². The van der Waals surface area contributed by atoms with Gasteiger partial charge in [0.15, 0.2) is 0 Å². The van der Waals surface area contributed by atoms with Crippen LogP contribution in [0.4, 0.5) is 11.4 Å². The van der Waals surface area contributed by atoms with Gasteiger partial charge in [-0.2, -0.15) is 0 Å². The van der Waals surface area contributed by atoms with Crippen molar-refractivity contribution in [3.63, 3.8) is 0 Å². The molecule has 1 fully saturated rings. The van der Waals surface area contributed by atoms with Gasteiger partial charge in [-0.25, -0.2) is 8.42 Å². The molecule has 1 amide bonds. The van der Waals surface area contributed by atoms with Gasteiger partial charge in [-0.05, 0) is 36.8 Å². The number of carbonyl (C=O) groups excluding carboxylic acids is 1. The summed E-state index contributed by atoms with van der Waals surface area (Å²) in [5.74, 6) is 1.05. The van der Waals surface area contributed by atoms with Crippen molar-refractivity contribution in [1.29, 1.82) is 0 Å². The van der Waals surface area contributed by atoms with Crippen LogP contribution in [-0.2, 0) is 14.8 Å². The van der Waals surface area contributed by atoms with E-state index in [4.69, 9.17) is 9.47 Å². The molecule has 2 aromatic rings. The lowest BCUT2D eigenvalue weighted by Crippen LogP contribution is -2.25. The largest absolute Gasteiger partial charge is 0.495 e. The van der Waals surface area contributed by atoms with Gasteiger partial charge in [-0.1, -0.05) is 18.2 Å². The smallest absolute Gasteiger partial charge is 0.235 e. The maximum atomic E-state index is 12.2. The highest BCUT2D eigenvalue weighted by Crippen LogP contribution is 2.35. The summed E-state index contributed by atoms with van der Waals surface area (Å²) in [5, 5.41) is 2.77. The van der Waals surface area contributed by atoms with E-state index in [1.807, 2.05) is 30.3 Å². The lowest BCUT2D eigenvalue weighted by molar-refractivity contribution is -0.116. The fraction of sp³-hybridized carbons (Fsp3) is 0.316. The second kappa shape index (κ2) is 8.30. The number of ether oxygens (including phenoxy) is 2. The molecule has 1 aliphatic heterocycles. The number of anilines is 2. The number of methoxy groups -OCH3 is 1. The molecule has 1 saturated heterocycles. The Balaban J connectivity index is 1.64. The Kier molecular flexibility index (Phi) is 5.85. The van der Waals surface area contributed by atoms with Crippen molar-refractivity contribution >= 4 is 27.3 Å². The van der Waals surface area contributed by atoms with Crippen LogP contribution in [0.15, 0.2) is 48.5 Å². The maximum absolute atomic E-state index is 12.2. The molecular weight excluding hydrogens is 368 g/mol. The fourth-order valence-electron chi connectivity index (χ4n) is 2.87. The van der Waals surface area contributed by atoms with Gasteiger partial charge in [0, 0.05) is 12.2 Å². The standard InChI is InChI=1S/C19H22N2O5S/c1-25-18-9-8-15(14-17(18)21-11-5-13-27(21,23)24)20-19(22)10-12-26-16-6-3-2-4-7-16/h2-4,6-9,14H,5,10-13H2,1H3,(H,20,22). The van der Waals surface area contributed by atoms with Gasteiger partial charge < -0.3 is 14.8 Å². The van der Waals surface area contributed by atoms with Crippen LogP contribution in [0.1, 0.15) is 12.8 Å². The number of para-hydroxylation sites is 1. The molecule has 0 aliphatic carbocycles. The van der Waals surface area contributed by atoms with Crippen molar-refractivity contribution in [1.82, 2.24) is 0 Å². The zero-order valence-corrected chi connectivity index (χ0v) is 15.9. The summed E-state index contributed by atoms with van der Waals surface area (Å²) in [5.41, 5.74) is 0.950. The summed E-state index contributed by atoms with van der Waals surface area (Å²) in [4.78, 5) is 12.2. The predicted octanol–water partition coefficient (Wildman–Crippen LogP) is 2.64. The van der Waals surface area contributed by atoms with E-state index in [1.165, 1.54) is 11.4 Å². The first-order valence-corrected chi connectivity index (χ1v) is 10.3. The monoisotopic (exact) mass is 390 g/mol. The zero-order chi connectivity index (χ0) is 19.3. The minimum atomic E-state index is -3.34. The summed E-state index contributed by atoms with van der Waals surface area (Å²) in [6, 6.07) is 14.2. The van der Waals surface area contributed by atoms with E-state index in [9.17, 15) is 13.2 Å². The van der Waals surface area contributed by atoms with E-state index in [0.717, 1.165) is 0 Å². The number of carbonyl (C=O) groups is 1. The topological polar surface area (TPSA) is 84.9 Å². The molecule has 0 aromatic heterocycles. The van der Waals surface area contributed by atoms with Gasteiger partial charge in [0.05, 0.1) is 31.6 Å². The van der Waals surface area contributed by atoms with E-state index >= 15 is 0 Å². The lowest BCUT2D eigenvalue weighted by atomic mass is 10.2. The second-order valence-electron chi connectivity index (χ2n) is 6.09. The first-order valence-electron chi connectivity index (χ1n) is 8.66. The number of nitrogens with zero attached hydrogens (tertiary/aromatic N) is 1. The number of benzene rings is 2. The van der Waals surface area contributed by atoms with E-state index in [1.54, 1.807) is 18.2 Å². The first kappa shape index (κ1) is 19.0. The van der Waals surface area contributed by atoms with Crippen LogP contribution in [0.3, 0.4) is 0 Å². The van der Waals surface area contributed by atoms with Crippen LogP contribution in [0.25, 0.3) is 0 Å². The third kappa shape index (κ3) is 4.71.